The van der Waals surface area contributed by atoms with Crippen molar-refractivity contribution in [2.24, 2.45) is 5.92 Å². The fourth-order valence-corrected chi connectivity index (χ4v) is 1.84. The van der Waals surface area contributed by atoms with Gasteiger partial charge in [-0.3, -0.25) is 24.5 Å². The van der Waals surface area contributed by atoms with Crippen molar-refractivity contribution in [1.29, 1.82) is 0 Å². The molecule has 100 valence electrons. The van der Waals surface area contributed by atoms with Gasteiger partial charge >= 0.3 is 5.97 Å². The van der Waals surface area contributed by atoms with Gasteiger partial charge in [0.1, 0.15) is 0 Å². The van der Waals surface area contributed by atoms with Crippen LogP contribution in [0.25, 0.3) is 0 Å². The molecule has 1 rings (SSSR count). The summed E-state index contributed by atoms with van der Waals surface area (Å²) < 4.78 is 0.366. The van der Waals surface area contributed by atoms with E-state index in [2.05, 4.69) is 15.9 Å². The van der Waals surface area contributed by atoms with Crippen LogP contribution < -0.4 is 0 Å². The summed E-state index contributed by atoms with van der Waals surface area (Å²) in [6.07, 6.45) is 0. The predicted molar refractivity (Wildman–Crippen MR) is 66.9 cm³/mol. The molecular formula is C11H8BrNO6. The number of carboxylic acid groups (broad SMARTS) is 1. The second-order valence-electron chi connectivity index (χ2n) is 3.66. The summed E-state index contributed by atoms with van der Waals surface area (Å²) in [6.45, 7) is 0.946. The lowest BCUT2D eigenvalue weighted by molar-refractivity contribution is -0.385. The fraction of sp³-hybridized carbons (Fsp3) is 0.182. The molecule has 0 saturated heterocycles. The molecule has 1 aromatic carbocycles. The molecule has 0 saturated carbocycles. The number of Topliss-reactive ketones (excluding diaryl/α,β-unsaturated/α-hetero) is 2. The quantitative estimate of drug-likeness (QED) is 0.381. The number of carbonyl (C=O) groups is 3. The normalized spacial score (nSPS) is 11.7. The maximum Gasteiger partial charge on any atom is 0.322 e. The maximum atomic E-state index is 11.9. The maximum absolute atomic E-state index is 11.9. The number of nitro benzene ring substituents is 1. The monoisotopic (exact) mass is 329 g/mol. The Morgan fingerprint density at radius 2 is 1.95 bits per heavy atom. The predicted octanol–water partition coefficient (Wildman–Crippen LogP) is 1.83. The first-order valence-electron chi connectivity index (χ1n) is 4.97. The molecule has 1 aromatic rings. The van der Waals surface area contributed by atoms with Crippen molar-refractivity contribution in [3.63, 3.8) is 0 Å². The third kappa shape index (κ3) is 3.22. The van der Waals surface area contributed by atoms with Crippen LogP contribution in [0, 0.1) is 16.0 Å². The number of aliphatic carboxylic acids is 1. The number of nitro groups is 1. The lowest BCUT2D eigenvalue weighted by Crippen LogP contribution is -2.30. The largest absolute Gasteiger partial charge is 0.480 e. The van der Waals surface area contributed by atoms with Crippen LogP contribution in [0.3, 0.4) is 0 Å². The second-order valence-corrected chi connectivity index (χ2v) is 4.58. The van der Waals surface area contributed by atoms with E-state index >= 15 is 0 Å². The first-order valence-corrected chi connectivity index (χ1v) is 5.76. The van der Waals surface area contributed by atoms with E-state index in [0.29, 0.717) is 4.47 Å². The number of carbonyl (C=O) groups excluding carboxylic acids is 2. The zero-order valence-corrected chi connectivity index (χ0v) is 11.2. The van der Waals surface area contributed by atoms with Gasteiger partial charge in [0, 0.05) is 10.5 Å². The molecular weight excluding hydrogens is 322 g/mol. The smallest absolute Gasteiger partial charge is 0.322 e. The van der Waals surface area contributed by atoms with Gasteiger partial charge in [-0.1, -0.05) is 15.9 Å². The molecule has 1 atom stereocenters. The van der Waals surface area contributed by atoms with E-state index in [1.807, 2.05) is 0 Å². The van der Waals surface area contributed by atoms with E-state index in [4.69, 9.17) is 5.11 Å². The Morgan fingerprint density at radius 3 is 2.37 bits per heavy atom. The van der Waals surface area contributed by atoms with Crippen LogP contribution in [0.5, 0.6) is 0 Å². The van der Waals surface area contributed by atoms with E-state index in [1.165, 1.54) is 6.07 Å². The Balaban J connectivity index is 3.37. The average Bonchev–Trinajstić information content (AvgIpc) is 2.27. The highest BCUT2D eigenvalue weighted by Gasteiger charge is 2.35. The molecule has 0 aromatic heterocycles. The first-order chi connectivity index (χ1) is 8.75. The number of hydrogen-bond donors (Lipinski definition) is 1. The summed E-state index contributed by atoms with van der Waals surface area (Å²) >= 11 is 3.01. The van der Waals surface area contributed by atoms with Crippen molar-refractivity contribution in [2.45, 2.75) is 6.92 Å². The van der Waals surface area contributed by atoms with Crippen LogP contribution in [0.2, 0.25) is 0 Å². The lowest BCUT2D eigenvalue weighted by atomic mass is 9.93. The molecule has 0 heterocycles. The van der Waals surface area contributed by atoms with Gasteiger partial charge in [-0.05, 0) is 19.1 Å². The fourth-order valence-electron chi connectivity index (χ4n) is 1.49. The molecule has 8 heteroatoms. The van der Waals surface area contributed by atoms with E-state index in [9.17, 15) is 24.5 Å². The molecule has 1 N–H and O–H groups in total. The minimum absolute atomic E-state index is 0.366. The third-order valence-electron chi connectivity index (χ3n) is 2.34. The van der Waals surface area contributed by atoms with Crippen LogP contribution in [-0.2, 0) is 9.59 Å². The summed E-state index contributed by atoms with van der Waals surface area (Å²) in [6, 6.07) is 3.55. The van der Waals surface area contributed by atoms with Crippen molar-refractivity contribution >= 4 is 39.2 Å². The van der Waals surface area contributed by atoms with E-state index in [1.54, 1.807) is 0 Å². The standard InChI is InChI=1S/C11H8BrNO6/c1-5(14)9(11(16)17)10(15)7-3-2-6(12)4-8(7)13(18)19/h2-4,9H,1H3,(H,16,17). The number of hydrogen-bond acceptors (Lipinski definition) is 5. The first kappa shape index (κ1) is 15.0. The van der Waals surface area contributed by atoms with E-state index < -0.39 is 39.6 Å². The Labute approximate surface area is 115 Å². The van der Waals surface area contributed by atoms with Gasteiger partial charge in [0.2, 0.25) is 0 Å². The molecule has 7 nitrogen and oxygen atoms in total. The van der Waals surface area contributed by atoms with Crippen molar-refractivity contribution < 1.29 is 24.4 Å². The van der Waals surface area contributed by atoms with Crippen LogP contribution in [0.1, 0.15) is 17.3 Å². The number of benzene rings is 1. The number of nitrogens with zero attached hydrogens (tertiary/aromatic N) is 1. The molecule has 0 radical (unpaired) electrons. The lowest BCUT2D eigenvalue weighted by Gasteiger charge is -2.08. The highest BCUT2D eigenvalue weighted by molar-refractivity contribution is 9.10. The van der Waals surface area contributed by atoms with Gasteiger partial charge in [-0.15, -0.1) is 0 Å². The summed E-state index contributed by atoms with van der Waals surface area (Å²) in [5, 5.41) is 19.7. The molecule has 0 aliphatic rings. The van der Waals surface area contributed by atoms with Crippen molar-refractivity contribution in [1.82, 2.24) is 0 Å². The SMILES string of the molecule is CC(=O)C(C(=O)O)C(=O)c1ccc(Br)cc1[N+](=O)[O-]. The van der Waals surface area contributed by atoms with Gasteiger partial charge in [0.05, 0.1) is 10.5 Å². The minimum atomic E-state index is -1.93. The van der Waals surface area contributed by atoms with Gasteiger partial charge in [0.15, 0.2) is 17.5 Å². The van der Waals surface area contributed by atoms with Crippen LogP contribution in [-0.4, -0.2) is 27.6 Å². The second kappa shape index (κ2) is 5.70. The van der Waals surface area contributed by atoms with Crippen molar-refractivity contribution in [3.05, 3.63) is 38.3 Å². The molecule has 0 spiro atoms. The highest BCUT2D eigenvalue weighted by Crippen LogP contribution is 2.26. The van der Waals surface area contributed by atoms with Crippen molar-refractivity contribution in [3.8, 4) is 0 Å². The highest BCUT2D eigenvalue weighted by atomic mass is 79.9. The van der Waals surface area contributed by atoms with Gasteiger partial charge in [-0.25, -0.2) is 0 Å². The Kier molecular flexibility index (Phi) is 4.49. The van der Waals surface area contributed by atoms with Gasteiger partial charge in [0.25, 0.3) is 5.69 Å². The van der Waals surface area contributed by atoms with Gasteiger partial charge < -0.3 is 5.11 Å². The number of rotatable bonds is 5. The summed E-state index contributed by atoms with van der Waals surface area (Å²) in [7, 11) is 0. The van der Waals surface area contributed by atoms with Crippen LogP contribution in [0.4, 0.5) is 5.69 Å². The Hall–Kier alpha value is -2.09. The Morgan fingerprint density at radius 1 is 1.37 bits per heavy atom. The number of halogens is 1. The summed E-state index contributed by atoms with van der Waals surface area (Å²) in [5.41, 5.74) is -0.956. The van der Waals surface area contributed by atoms with Crippen LogP contribution in [0.15, 0.2) is 22.7 Å². The Bertz CT molecular complexity index is 569. The molecule has 19 heavy (non-hydrogen) atoms. The molecule has 0 bridgehead atoms. The summed E-state index contributed by atoms with van der Waals surface area (Å²) in [5.74, 6) is -5.54. The zero-order valence-electron chi connectivity index (χ0n) is 9.62. The molecule has 0 aliphatic carbocycles. The molecule has 0 fully saturated rings. The third-order valence-corrected chi connectivity index (χ3v) is 2.83. The van der Waals surface area contributed by atoms with E-state index in [-0.39, 0.29) is 0 Å². The molecule has 0 amide bonds. The number of carboxylic acids is 1. The average molecular weight is 330 g/mol. The zero-order chi connectivity index (χ0) is 14.7. The van der Waals surface area contributed by atoms with E-state index in [0.717, 1.165) is 19.1 Å². The van der Waals surface area contributed by atoms with Crippen molar-refractivity contribution in [2.75, 3.05) is 0 Å². The molecule has 0 aliphatic heterocycles. The minimum Gasteiger partial charge on any atom is -0.480 e. The number of ketones is 2. The summed E-state index contributed by atoms with van der Waals surface area (Å²) in [4.78, 5) is 44.0. The topological polar surface area (TPSA) is 115 Å². The molecule has 1 unspecified atom stereocenters. The van der Waals surface area contributed by atoms with Crippen LogP contribution >= 0.6 is 15.9 Å². The van der Waals surface area contributed by atoms with Gasteiger partial charge in [-0.2, -0.15) is 0 Å².